The molecular formula is C18H24BrCl2N3OS. The Bertz CT molecular complexity index is 633. The molecule has 1 aliphatic carbocycles. The first-order chi connectivity index (χ1) is 12.1. The van der Waals surface area contributed by atoms with Crippen LogP contribution in [0.4, 0.5) is 5.69 Å². The predicted octanol–water partition coefficient (Wildman–Crippen LogP) is 5.62. The van der Waals surface area contributed by atoms with E-state index in [1.807, 2.05) is 7.05 Å². The van der Waals surface area contributed by atoms with Gasteiger partial charge < -0.3 is 4.90 Å². The van der Waals surface area contributed by atoms with Crippen LogP contribution in [0.15, 0.2) is 23.2 Å². The number of hydrogen-bond acceptors (Lipinski definition) is 3. The third-order valence-electron chi connectivity index (χ3n) is 4.81. The third-order valence-corrected chi connectivity index (χ3v) is 6.36. The zero-order chi connectivity index (χ0) is 17.8. The largest absolute Gasteiger partial charge is 0.333 e. The summed E-state index contributed by atoms with van der Waals surface area (Å²) in [5.41, 5.74) is 0.709. The lowest BCUT2D eigenvalue weighted by atomic mass is 10.1. The number of rotatable bonds is 4. The quantitative estimate of drug-likeness (QED) is 0.414. The van der Waals surface area contributed by atoms with E-state index in [0.29, 0.717) is 21.8 Å². The van der Waals surface area contributed by atoms with E-state index in [9.17, 15) is 4.79 Å². The maximum Gasteiger partial charge on any atom is 0.215 e. The van der Waals surface area contributed by atoms with Gasteiger partial charge in [0.1, 0.15) is 6.17 Å². The first-order valence-corrected chi connectivity index (χ1v) is 10.5. The third kappa shape index (κ3) is 5.31. The van der Waals surface area contributed by atoms with Crippen LogP contribution in [-0.4, -0.2) is 41.5 Å². The number of carbonyl (C=O) groups is 1. The maximum absolute atomic E-state index is 11.8. The fourth-order valence-electron chi connectivity index (χ4n) is 3.42. The van der Waals surface area contributed by atoms with Gasteiger partial charge in [-0.05, 0) is 31.0 Å². The van der Waals surface area contributed by atoms with Gasteiger partial charge in [-0.2, -0.15) is 0 Å². The molecule has 0 aromatic heterocycles. The van der Waals surface area contributed by atoms with Crippen molar-refractivity contribution in [3.8, 4) is 0 Å². The minimum absolute atomic E-state index is 0. The van der Waals surface area contributed by atoms with Crippen molar-refractivity contribution in [3.63, 3.8) is 0 Å². The van der Waals surface area contributed by atoms with E-state index in [2.05, 4.69) is 4.90 Å². The van der Waals surface area contributed by atoms with Crippen molar-refractivity contribution < 1.29 is 4.79 Å². The lowest BCUT2D eigenvalue weighted by molar-refractivity contribution is -0.108. The van der Waals surface area contributed by atoms with Gasteiger partial charge >= 0.3 is 0 Å². The van der Waals surface area contributed by atoms with Crippen molar-refractivity contribution >= 4 is 69.2 Å². The summed E-state index contributed by atoms with van der Waals surface area (Å²) in [6.45, 7) is 0. The van der Waals surface area contributed by atoms with Crippen LogP contribution >= 0.6 is 51.9 Å². The molecule has 3 rings (SSSR count). The van der Waals surface area contributed by atoms with Crippen LogP contribution < -0.4 is 4.90 Å². The number of hydrogen-bond donors (Lipinski definition) is 0. The van der Waals surface area contributed by atoms with Gasteiger partial charge in [-0.25, -0.2) is 0 Å². The van der Waals surface area contributed by atoms with Gasteiger partial charge in [0.05, 0.1) is 6.04 Å². The zero-order valence-corrected chi connectivity index (χ0v) is 18.8. The van der Waals surface area contributed by atoms with Crippen LogP contribution in [0.5, 0.6) is 0 Å². The van der Waals surface area contributed by atoms with Crippen molar-refractivity contribution in [3.05, 3.63) is 28.2 Å². The summed E-state index contributed by atoms with van der Waals surface area (Å²) in [7, 11) is 2.00. The van der Waals surface area contributed by atoms with Crippen LogP contribution in [0.25, 0.3) is 0 Å². The predicted molar refractivity (Wildman–Crippen MR) is 118 cm³/mol. The smallest absolute Gasteiger partial charge is 0.215 e. The zero-order valence-electron chi connectivity index (χ0n) is 14.7. The average molecular weight is 481 g/mol. The number of carbonyl (C=O) groups excluding carboxylic acids is 1. The van der Waals surface area contributed by atoms with E-state index in [-0.39, 0.29) is 23.1 Å². The first kappa shape index (κ1) is 21.9. The molecule has 1 unspecified atom stereocenters. The second-order valence-corrected chi connectivity index (χ2v) is 8.46. The molecule has 1 aromatic carbocycles. The first-order valence-electron chi connectivity index (χ1n) is 8.71. The van der Waals surface area contributed by atoms with Gasteiger partial charge in [-0.3, -0.25) is 14.7 Å². The fraction of sp³-hybridized carbons (Fsp3) is 0.556. The molecule has 1 heterocycles. The van der Waals surface area contributed by atoms with Gasteiger partial charge in [-0.15, -0.1) is 17.0 Å². The van der Waals surface area contributed by atoms with Crippen molar-refractivity contribution in [1.29, 1.82) is 0 Å². The maximum atomic E-state index is 11.8. The highest BCUT2D eigenvalue weighted by molar-refractivity contribution is 8.93. The minimum atomic E-state index is -0.0819. The molecule has 1 aromatic rings. The molecule has 26 heavy (non-hydrogen) atoms. The number of thioether (sulfide) groups is 1. The van der Waals surface area contributed by atoms with Crippen LogP contribution in [0, 0.1) is 0 Å². The van der Waals surface area contributed by atoms with Crippen LogP contribution in [0.2, 0.25) is 10.0 Å². The molecule has 0 N–H and O–H groups in total. The summed E-state index contributed by atoms with van der Waals surface area (Å²) in [6.07, 6.45) is 8.28. The second kappa shape index (κ2) is 10.2. The Morgan fingerprint density at radius 1 is 1.15 bits per heavy atom. The monoisotopic (exact) mass is 479 g/mol. The molecule has 0 radical (unpaired) electrons. The number of benzene rings is 1. The molecule has 1 atom stereocenters. The minimum Gasteiger partial charge on any atom is -0.333 e. The Hall–Kier alpha value is -0.430. The number of anilines is 1. The topological polar surface area (TPSA) is 35.9 Å². The molecule has 1 aliphatic heterocycles. The Morgan fingerprint density at radius 2 is 1.77 bits per heavy atom. The van der Waals surface area contributed by atoms with Crippen molar-refractivity contribution in [2.24, 2.45) is 4.99 Å². The van der Waals surface area contributed by atoms with Gasteiger partial charge in [0.2, 0.25) is 6.41 Å². The van der Waals surface area contributed by atoms with Crippen LogP contribution in [0.3, 0.4) is 0 Å². The summed E-state index contributed by atoms with van der Waals surface area (Å²) in [4.78, 5) is 20.5. The summed E-state index contributed by atoms with van der Waals surface area (Å²) < 4.78 is 0. The highest BCUT2D eigenvalue weighted by atomic mass is 79.9. The molecule has 0 spiro atoms. The Morgan fingerprint density at radius 3 is 2.35 bits per heavy atom. The lowest BCUT2D eigenvalue weighted by Gasteiger charge is -2.30. The molecule has 0 bridgehead atoms. The average Bonchev–Trinajstić information content (AvgIpc) is 2.77. The van der Waals surface area contributed by atoms with Gasteiger partial charge in [-0.1, -0.05) is 60.6 Å². The van der Waals surface area contributed by atoms with E-state index < -0.39 is 0 Å². The van der Waals surface area contributed by atoms with Crippen molar-refractivity contribution in [2.75, 3.05) is 17.7 Å². The highest BCUT2D eigenvalue weighted by Gasteiger charge is 2.33. The molecule has 8 heteroatoms. The van der Waals surface area contributed by atoms with E-state index in [1.54, 1.807) is 34.9 Å². The van der Waals surface area contributed by atoms with Gasteiger partial charge in [0.15, 0.2) is 5.17 Å². The highest BCUT2D eigenvalue weighted by Crippen LogP contribution is 2.32. The standard InChI is InChI=1S/C18H23Cl2N3OS.BrH/c1-22-17(23(12-24)16-9-13(19)8-14(20)10-16)11-25-18(22)21-15-6-4-2-3-5-7-15;/h8-10,12,15,17H,2-7,11H2,1H3;1H. The summed E-state index contributed by atoms with van der Waals surface area (Å²) in [6, 6.07) is 5.61. The van der Waals surface area contributed by atoms with Gasteiger partial charge in [0, 0.05) is 28.5 Å². The van der Waals surface area contributed by atoms with E-state index in [1.165, 1.54) is 38.5 Å². The molecule has 2 fully saturated rings. The number of halogens is 3. The molecular weight excluding hydrogens is 457 g/mol. The van der Waals surface area contributed by atoms with Crippen LogP contribution in [0.1, 0.15) is 38.5 Å². The number of amidine groups is 1. The molecule has 1 saturated carbocycles. The summed E-state index contributed by atoms with van der Waals surface area (Å²) in [5.74, 6) is 0.783. The number of nitrogens with zero attached hydrogens (tertiary/aromatic N) is 3. The molecule has 1 amide bonds. The second-order valence-electron chi connectivity index (χ2n) is 6.60. The van der Waals surface area contributed by atoms with Crippen molar-refractivity contribution in [2.45, 2.75) is 50.7 Å². The van der Waals surface area contributed by atoms with Crippen molar-refractivity contribution in [1.82, 2.24) is 4.90 Å². The fourth-order valence-corrected chi connectivity index (χ4v) is 5.17. The molecule has 144 valence electrons. The van der Waals surface area contributed by atoms with E-state index in [4.69, 9.17) is 28.2 Å². The lowest BCUT2D eigenvalue weighted by Crippen LogP contribution is -2.45. The Balaban J connectivity index is 0.00000243. The normalized spacial score (nSPS) is 22.8. The molecule has 2 aliphatic rings. The molecule has 1 saturated heterocycles. The Kier molecular flexibility index (Phi) is 8.58. The SMILES string of the molecule is Br.CN1C(=NC2CCCCCC2)SCC1N(C=O)c1cc(Cl)cc(Cl)c1. The number of amides is 1. The van der Waals surface area contributed by atoms with E-state index in [0.717, 1.165) is 17.3 Å². The Labute approximate surface area is 180 Å². The molecule has 4 nitrogen and oxygen atoms in total. The van der Waals surface area contributed by atoms with Gasteiger partial charge in [0.25, 0.3) is 0 Å². The van der Waals surface area contributed by atoms with Crippen LogP contribution in [-0.2, 0) is 4.79 Å². The summed E-state index contributed by atoms with van der Waals surface area (Å²) >= 11 is 13.9. The summed E-state index contributed by atoms with van der Waals surface area (Å²) in [5, 5.41) is 2.07. The number of aliphatic imine (C=N–C) groups is 1. The van der Waals surface area contributed by atoms with E-state index >= 15 is 0 Å².